The van der Waals surface area contributed by atoms with Crippen LogP contribution in [0.2, 0.25) is 0 Å². The smallest absolute Gasteiger partial charge is 0.306 e. The van der Waals surface area contributed by atoms with Gasteiger partial charge in [-0.1, -0.05) is 0 Å². The summed E-state index contributed by atoms with van der Waals surface area (Å²) in [7, 11) is 1.71. The third kappa shape index (κ3) is 3.47. The zero-order valence-corrected chi connectivity index (χ0v) is 9.77. The number of methoxy groups -OCH3 is 1. The average Bonchev–Trinajstić information content (AvgIpc) is 2.20. The SMILES string of the molecule is COC(C)CN1CCC(C(=O)O)CC1C. The zero-order valence-electron chi connectivity index (χ0n) is 9.77. The van der Waals surface area contributed by atoms with Gasteiger partial charge in [0.1, 0.15) is 0 Å². The molecule has 1 N–H and O–H groups in total. The number of likely N-dealkylation sites (tertiary alicyclic amines) is 1. The third-order valence-electron chi connectivity index (χ3n) is 3.26. The van der Waals surface area contributed by atoms with Crippen LogP contribution in [-0.4, -0.2) is 48.3 Å². The van der Waals surface area contributed by atoms with Crippen LogP contribution in [0, 0.1) is 5.92 Å². The molecule has 0 aromatic rings. The molecular formula is C11H21NO3. The third-order valence-corrected chi connectivity index (χ3v) is 3.26. The number of nitrogens with zero attached hydrogens (tertiary/aromatic N) is 1. The van der Waals surface area contributed by atoms with E-state index in [4.69, 9.17) is 9.84 Å². The largest absolute Gasteiger partial charge is 0.481 e. The lowest BCUT2D eigenvalue weighted by Gasteiger charge is -2.37. The van der Waals surface area contributed by atoms with E-state index in [0.29, 0.717) is 6.04 Å². The van der Waals surface area contributed by atoms with E-state index in [1.54, 1.807) is 7.11 Å². The molecule has 0 aromatic heterocycles. The molecule has 3 atom stereocenters. The molecule has 0 spiro atoms. The lowest BCUT2D eigenvalue weighted by atomic mass is 9.91. The summed E-state index contributed by atoms with van der Waals surface area (Å²) in [6.07, 6.45) is 1.73. The first-order chi connectivity index (χ1) is 7.04. The predicted molar refractivity (Wildman–Crippen MR) is 57.9 cm³/mol. The van der Waals surface area contributed by atoms with Crippen molar-refractivity contribution in [3.63, 3.8) is 0 Å². The van der Waals surface area contributed by atoms with Crippen molar-refractivity contribution in [2.75, 3.05) is 20.2 Å². The van der Waals surface area contributed by atoms with Crippen molar-refractivity contribution < 1.29 is 14.6 Å². The minimum atomic E-state index is -0.652. The molecule has 0 aliphatic carbocycles. The van der Waals surface area contributed by atoms with Gasteiger partial charge in [-0.05, 0) is 33.2 Å². The molecule has 1 rings (SSSR count). The van der Waals surface area contributed by atoms with Crippen LogP contribution >= 0.6 is 0 Å². The molecule has 0 aromatic carbocycles. The van der Waals surface area contributed by atoms with Gasteiger partial charge in [0, 0.05) is 19.7 Å². The van der Waals surface area contributed by atoms with Crippen molar-refractivity contribution in [3.05, 3.63) is 0 Å². The molecule has 0 bridgehead atoms. The van der Waals surface area contributed by atoms with Gasteiger partial charge in [0.05, 0.1) is 12.0 Å². The Kier molecular flexibility index (Phi) is 4.54. The van der Waals surface area contributed by atoms with Crippen molar-refractivity contribution in [1.29, 1.82) is 0 Å². The van der Waals surface area contributed by atoms with Crippen LogP contribution in [0.3, 0.4) is 0 Å². The van der Waals surface area contributed by atoms with Crippen molar-refractivity contribution in [1.82, 2.24) is 4.90 Å². The van der Waals surface area contributed by atoms with Gasteiger partial charge in [-0.3, -0.25) is 9.69 Å². The van der Waals surface area contributed by atoms with Gasteiger partial charge in [-0.2, -0.15) is 0 Å². The number of carboxylic acids is 1. The Balaban J connectivity index is 2.42. The van der Waals surface area contributed by atoms with Crippen molar-refractivity contribution in [3.8, 4) is 0 Å². The molecule has 1 aliphatic rings. The second-order valence-electron chi connectivity index (χ2n) is 4.45. The summed E-state index contributed by atoms with van der Waals surface area (Å²) in [5, 5.41) is 8.93. The number of hydrogen-bond donors (Lipinski definition) is 1. The van der Waals surface area contributed by atoms with E-state index in [1.165, 1.54) is 0 Å². The maximum atomic E-state index is 10.8. The Bertz CT molecular complexity index is 220. The van der Waals surface area contributed by atoms with Gasteiger partial charge in [0.25, 0.3) is 0 Å². The van der Waals surface area contributed by atoms with E-state index in [0.717, 1.165) is 25.9 Å². The number of ether oxygens (including phenoxy) is 1. The summed E-state index contributed by atoms with van der Waals surface area (Å²) in [4.78, 5) is 13.2. The Morgan fingerprint density at radius 1 is 1.67 bits per heavy atom. The summed E-state index contributed by atoms with van der Waals surface area (Å²) >= 11 is 0. The molecule has 4 nitrogen and oxygen atoms in total. The summed E-state index contributed by atoms with van der Waals surface area (Å²) in [6, 6.07) is 0.345. The number of piperidine rings is 1. The molecule has 1 saturated heterocycles. The molecule has 0 saturated carbocycles. The predicted octanol–water partition coefficient (Wildman–Crippen LogP) is 1.21. The second-order valence-corrected chi connectivity index (χ2v) is 4.45. The fourth-order valence-corrected chi connectivity index (χ4v) is 2.12. The highest BCUT2D eigenvalue weighted by atomic mass is 16.5. The number of aliphatic carboxylic acids is 1. The molecule has 1 fully saturated rings. The van der Waals surface area contributed by atoms with Crippen molar-refractivity contribution in [2.24, 2.45) is 5.92 Å². The Morgan fingerprint density at radius 2 is 2.33 bits per heavy atom. The maximum absolute atomic E-state index is 10.8. The van der Waals surface area contributed by atoms with Crippen LogP contribution in [-0.2, 0) is 9.53 Å². The zero-order chi connectivity index (χ0) is 11.4. The lowest BCUT2D eigenvalue weighted by molar-refractivity contribution is -0.144. The molecule has 3 unspecified atom stereocenters. The highest BCUT2D eigenvalue weighted by Gasteiger charge is 2.29. The molecular weight excluding hydrogens is 194 g/mol. The van der Waals surface area contributed by atoms with Crippen molar-refractivity contribution >= 4 is 5.97 Å². The molecule has 4 heteroatoms. The van der Waals surface area contributed by atoms with E-state index >= 15 is 0 Å². The highest BCUT2D eigenvalue weighted by Crippen LogP contribution is 2.23. The van der Waals surface area contributed by atoms with Crippen LogP contribution in [0.1, 0.15) is 26.7 Å². The van der Waals surface area contributed by atoms with Crippen LogP contribution in [0.4, 0.5) is 0 Å². The van der Waals surface area contributed by atoms with E-state index < -0.39 is 5.97 Å². The average molecular weight is 215 g/mol. The first-order valence-electron chi connectivity index (χ1n) is 5.54. The first-order valence-corrected chi connectivity index (χ1v) is 5.54. The van der Waals surface area contributed by atoms with Gasteiger partial charge in [0.2, 0.25) is 0 Å². The minimum absolute atomic E-state index is 0.158. The van der Waals surface area contributed by atoms with Crippen LogP contribution < -0.4 is 0 Å². The Labute approximate surface area is 91.2 Å². The van der Waals surface area contributed by atoms with Gasteiger partial charge in [0.15, 0.2) is 0 Å². The van der Waals surface area contributed by atoms with Crippen LogP contribution in [0.25, 0.3) is 0 Å². The molecule has 15 heavy (non-hydrogen) atoms. The summed E-state index contributed by atoms with van der Waals surface area (Å²) in [5.41, 5.74) is 0. The standard InChI is InChI=1S/C11H21NO3/c1-8-6-10(11(13)14)4-5-12(8)7-9(2)15-3/h8-10H,4-7H2,1-3H3,(H,13,14). The minimum Gasteiger partial charge on any atom is -0.481 e. The number of rotatable bonds is 4. The van der Waals surface area contributed by atoms with Gasteiger partial charge in [-0.25, -0.2) is 0 Å². The molecule has 0 radical (unpaired) electrons. The summed E-state index contributed by atoms with van der Waals surface area (Å²) in [6.45, 7) is 5.89. The lowest BCUT2D eigenvalue weighted by Crippen LogP contribution is -2.45. The monoisotopic (exact) mass is 215 g/mol. The molecule has 1 aliphatic heterocycles. The van der Waals surface area contributed by atoms with Crippen LogP contribution in [0.15, 0.2) is 0 Å². The quantitative estimate of drug-likeness (QED) is 0.765. The van der Waals surface area contributed by atoms with E-state index in [-0.39, 0.29) is 12.0 Å². The summed E-state index contributed by atoms with van der Waals surface area (Å²) in [5.74, 6) is -0.810. The second kappa shape index (κ2) is 5.47. The van der Waals surface area contributed by atoms with E-state index in [9.17, 15) is 4.79 Å². The number of hydrogen-bond acceptors (Lipinski definition) is 3. The van der Waals surface area contributed by atoms with E-state index in [2.05, 4.69) is 11.8 Å². The molecule has 0 amide bonds. The van der Waals surface area contributed by atoms with E-state index in [1.807, 2.05) is 6.92 Å². The molecule has 1 heterocycles. The first kappa shape index (κ1) is 12.5. The highest BCUT2D eigenvalue weighted by molar-refractivity contribution is 5.70. The van der Waals surface area contributed by atoms with Gasteiger partial charge < -0.3 is 9.84 Å². The Morgan fingerprint density at radius 3 is 2.80 bits per heavy atom. The van der Waals surface area contributed by atoms with Crippen molar-refractivity contribution in [2.45, 2.75) is 38.8 Å². The van der Waals surface area contributed by atoms with Crippen LogP contribution in [0.5, 0.6) is 0 Å². The maximum Gasteiger partial charge on any atom is 0.306 e. The van der Waals surface area contributed by atoms with Gasteiger partial charge >= 0.3 is 5.97 Å². The van der Waals surface area contributed by atoms with Gasteiger partial charge in [-0.15, -0.1) is 0 Å². The normalized spacial score (nSPS) is 30.1. The topological polar surface area (TPSA) is 49.8 Å². The number of carboxylic acid groups (broad SMARTS) is 1. The fraction of sp³-hybridized carbons (Fsp3) is 0.909. The summed E-state index contributed by atoms with van der Waals surface area (Å²) < 4.78 is 5.22. The molecule has 88 valence electrons. The number of carbonyl (C=O) groups is 1. The fourth-order valence-electron chi connectivity index (χ4n) is 2.12. The Hall–Kier alpha value is -0.610.